The van der Waals surface area contributed by atoms with Crippen LogP contribution in [0.3, 0.4) is 0 Å². The van der Waals surface area contributed by atoms with Gasteiger partial charge in [0.1, 0.15) is 0 Å². The van der Waals surface area contributed by atoms with Crippen molar-refractivity contribution < 1.29 is 19.5 Å². The highest BCUT2D eigenvalue weighted by atomic mass is 35.5. The quantitative estimate of drug-likeness (QED) is 0.637. The van der Waals surface area contributed by atoms with Crippen LogP contribution >= 0.6 is 23.2 Å². The molecule has 6 N–H and O–H groups in total. The molecule has 7 nitrogen and oxygen atoms in total. The molecule has 108 valence electrons. The number of carbonyl (C=O) groups is 3. The number of hydrogen-bond donors (Lipinski definition) is 4. The van der Waals surface area contributed by atoms with Gasteiger partial charge >= 0.3 is 5.97 Å². The number of halogens is 2. The Hall–Kier alpha value is -1.83. The first kappa shape index (κ1) is 16.2. The van der Waals surface area contributed by atoms with Crippen molar-refractivity contribution in [3.05, 3.63) is 27.7 Å². The van der Waals surface area contributed by atoms with E-state index in [1.54, 1.807) is 0 Å². The number of benzene rings is 1. The summed E-state index contributed by atoms with van der Waals surface area (Å²) in [4.78, 5) is 33.5. The second-order valence-corrected chi connectivity index (χ2v) is 4.73. The monoisotopic (exact) mass is 319 g/mol. The summed E-state index contributed by atoms with van der Waals surface area (Å²) in [5.41, 5.74) is 9.92. The van der Waals surface area contributed by atoms with E-state index in [0.717, 1.165) is 6.07 Å². The Morgan fingerprint density at radius 3 is 2.40 bits per heavy atom. The largest absolute Gasteiger partial charge is 0.478 e. The molecule has 2 amide bonds. The van der Waals surface area contributed by atoms with Crippen molar-refractivity contribution in [1.82, 2.24) is 0 Å². The summed E-state index contributed by atoms with van der Waals surface area (Å²) < 4.78 is 0. The second-order valence-electron chi connectivity index (χ2n) is 3.88. The number of rotatable bonds is 5. The Morgan fingerprint density at radius 1 is 1.30 bits per heavy atom. The van der Waals surface area contributed by atoms with Crippen LogP contribution in [0, 0.1) is 0 Å². The molecular formula is C11H11Cl2N3O4. The third-order valence-electron chi connectivity index (χ3n) is 2.29. The number of carboxylic acid groups (broad SMARTS) is 1. The van der Waals surface area contributed by atoms with Gasteiger partial charge in [-0.3, -0.25) is 9.59 Å². The fourth-order valence-electron chi connectivity index (χ4n) is 1.39. The number of primary amides is 1. The first-order chi connectivity index (χ1) is 9.22. The summed E-state index contributed by atoms with van der Waals surface area (Å²) >= 11 is 11.5. The summed E-state index contributed by atoms with van der Waals surface area (Å²) in [6.07, 6.45) is -0.376. The van der Waals surface area contributed by atoms with Gasteiger partial charge in [-0.25, -0.2) is 4.79 Å². The van der Waals surface area contributed by atoms with Crippen LogP contribution in [0.25, 0.3) is 0 Å². The molecule has 0 aromatic heterocycles. The van der Waals surface area contributed by atoms with Gasteiger partial charge in [-0.15, -0.1) is 0 Å². The zero-order valence-corrected chi connectivity index (χ0v) is 11.5. The summed E-state index contributed by atoms with van der Waals surface area (Å²) in [6, 6.07) is 1.19. The molecule has 9 heteroatoms. The summed E-state index contributed by atoms with van der Waals surface area (Å²) in [7, 11) is 0. The van der Waals surface area contributed by atoms with E-state index in [1.165, 1.54) is 6.07 Å². The molecule has 0 saturated carbocycles. The molecule has 0 radical (unpaired) electrons. The molecule has 20 heavy (non-hydrogen) atoms. The zero-order chi connectivity index (χ0) is 15.4. The molecule has 1 aromatic carbocycles. The average molecular weight is 320 g/mol. The van der Waals surface area contributed by atoms with E-state index in [9.17, 15) is 14.4 Å². The van der Waals surface area contributed by atoms with Crippen molar-refractivity contribution >= 4 is 46.7 Å². The van der Waals surface area contributed by atoms with Gasteiger partial charge in [0.25, 0.3) is 0 Å². The Morgan fingerprint density at radius 2 is 1.90 bits per heavy atom. The van der Waals surface area contributed by atoms with Crippen LogP contribution in [0.2, 0.25) is 10.0 Å². The number of carbonyl (C=O) groups excluding carboxylic acids is 2. The lowest BCUT2D eigenvalue weighted by Crippen LogP contribution is -2.39. The molecule has 0 bridgehead atoms. The van der Waals surface area contributed by atoms with E-state index in [2.05, 4.69) is 5.32 Å². The fourth-order valence-corrected chi connectivity index (χ4v) is 1.94. The molecule has 1 unspecified atom stereocenters. The topological polar surface area (TPSA) is 136 Å². The van der Waals surface area contributed by atoms with Crippen LogP contribution in [0.1, 0.15) is 16.8 Å². The van der Waals surface area contributed by atoms with E-state index in [0.29, 0.717) is 0 Å². The molecule has 1 aromatic rings. The molecule has 0 fully saturated rings. The number of carboxylic acids is 1. The smallest absolute Gasteiger partial charge is 0.337 e. The van der Waals surface area contributed by atoms with Crippen molar-refractivity contribution in [2.45, 2.75) is 12.5 Å². The van der Waals surface area contributed by atoms with E-state index in [-0.39, 0.29) is 27.7 Å². The van der Waals surface area contributed by atoms with Gasteiger partial charge < -0.3 is 21.9 Å². The molecule has 0 spiro atoms. The maximum atomic E-state index is 11.7. The third-order valence-corrected chi connectivity index (χ3v) is 2.81. The van der Waals surface area contributed by atoms with Gasteiger partial charge in [-0.05, 0) is 12.1 Å². The van der Waals surface area contributed by atoms with Crippen LogP contribution in [-0.2, 0) is 9.59 Å². The summed E-state index contributed by atoms with van der Waals surface area (Å²) in [5, 5.41) is 11.3. The first-order valence-electron chi connectivity index (χ1n) is 5.29. The number of nitrogens with one attached hydrogen (secondary N) is 1. The van der Waals surface area contributed by atoms with Crippen molar-refractivity contribution in [1.29, 1.82) is 0 Å². The molecule has 0 aliphatic heterocycles. The summed E-state index contributed by atoms with van der Waals surface area (Å²) in [6.45, 7) is 0. The highest BCUT2D eigenvalue weighted by Crippen LogP contribution is 2.30. The Kier molecular flexibility index (Phi) is 5.32. The maximum absolute atomic E-state index is 11.7. The van der Waals surface area contributed by atoms with Crippen molar-refractivity contribution in [2.75, 3.05) is 5.32 Å². The molecule has 0 saturated heterocycles. The van der Waals surface area contributed by atoms with Gasteiger partial charge in [-0.2, -0.15) is 0 Å². The normalized spacial score (nSPS) is 11.8. The molecule has 0 heterocycles. The fraction of sp³-hybridized carbons (Fsp3) is 0.182. The average Bonchev–Trinajstić information content (AvgIpc) is 2.30. The standard InChI is InChI=1S/C11H11Cl2N3O4/c12-4-1-5(11(19)20)9(6(13)2-4)16-10(18)7(14)3-8(15)17/h1-2,7H,3,14H2,(H2,15,17)(H,16,18)(H,19,20). The number of nitrogens with two attached hydrogens (primary N) is 2. The van der Waals surface area contributed by atoms with Gasteiger partial charge in [-0.1, -0.05) is 23.2 Å². The van der Waals surface area contributed by atoms with Gasteiger partial charge in [0.2, 0.25) is 11.8 Å². The minimum absolute atomic E-state index is 0.0606. The van der Waals surface area contributed by atoms with Crippen molar-refractivity contribution in [3.63, 3.8) is 0 Å². The molecular weight excluding hydrogens is 309 g/mol. The molecule has 1 atom stereocenters. The number of hydrogen-bond acceptors (Lipinski definition) is 4. The minimum atomic E-state index is -1.33. The van der Waals surface area contributed by atoms with E-state index in [1.807, 2.05) is 0 Å². The van der Waals surface area contributed by atoms with E-state index >= 15 is 0 Å². The van der Waals surface area contributed by atoms with Gasteiger partial charge in [0.05, 0.1) is 28.7 Å². The van der Waals surface area contributed by atoms with Gasteiger partial charge in [0.15, 0.2) is 0 Å². The predicted octanol–water partition coefficient (Wildman–Crippen LogP) is 0.833. The zero-order valence-electron chi connectivity index (χ0n) is 10.0. The lowest BCUT2D eigenvalue weighted by molar-refractivity contribution is -0.123. The lowest BCUT2D eigenvalue weighted by atomic mass is 10.1. The van der Waals surface area contributed by atoms with Crippen LogP contribution < -0.4 is 16.8 Å². The molecule has 1 rings (SSSR count). The summed E-state index contributed by atoms with van der Waals surface area (Å²) in [5.74, 6) is -2.86. The molecule has 0 aliphatic carbocycles. The van der Waals surface area contributed by atoms with Crippen LogP contribution in [0.4, 0.5) is 5.69 Å². The number of aromatic carboxylic acids is 1. The van der Waals surface area contributed by atoms with Crippen molar-refractivity contribution in [3.8, 4) is 0 Å². The van der Waals surface area contributed by atoms with Crippen LogP contribution in [0.5, 0.6) is 0 Å². The van der Waals surface area contributed by atoms with Crippen LogP contribution in [0.15, 0.2) is 12.1 Å². The SMILES string of the molecule is NC(=O)CC(N)C(=O)Nc1c(Cl)cc(Cl)cc1C(=O)O. The second kappa shape index (κ2) is 6.56. The first-order valence-corrected chi connectivity index (χ1v) is 6.05. The predicted molar refractivity (Wildman–Crippen MR) is 73.8 cm³/mol. The highest BCUT2D eigenvalue weighted by Gasteiger charge is 2.21. The Balaban J connectivity index is 3.05. The Bertz CT molecular complexity index is 577. The number of amides is 2. The number of anilines is 1. The van der Waals surface area contributed by atoms with E-state index < -0.39 is 23.8 Å². The minimum Gasteiger partial charge on any atom is -0.478 e. The third kappa shape index (κ3) is 4.09. The molecule has 0 aliphatic rings. The Labute approximate surface area is 123 Å². The lowest BCUT2D eigenvalue weighted by Gasteiger charge is -2.14. The van der Waals surface area contributed by atoms with Crippen molar-refractivity contribution in [2.24, 2.45) is 11.5 Å². The van der Waals surface area contributed by atoms with Crippen LogP contribution in [-0.4, -0.2) is 28.9 Å². The maximum Gasteiger partial charge on any atom is 0.337 e. The van der Waals surface area contributed by atoms with E-state index in [4.69, 9.17) is 39.8 Å². The van der Waals surface area contributed by atoms with Gasteiger partial charge in [0, 0.05) is 5.02 Å². The highest BCUT2D eigenvalue weighted by molar-refractivity contribution is 6.37.